The number of nitrogens with one attached hydrogen (secondary N) is 1. The normalized spacial score (nSPS) is 19.5. The molecule has 146 valence electrons. The van der Waals surface area contributed by atoms with E-state index in [9.17, 15) is 9.90 Å². The molecule has 1 aliphatic heterocycles. The number of hydrogen-bond acceptors (Lipinski definition) is 5. The zero-order chi connectivity index (χ0) is 19.1. The fourth-order valence-corrected chi connectivity index (χ4v) is 3.91. The fraction of sp³-hybridized carbons (Fsp3) is 0.600. The summed E-state index contributed by atoms with van der Waals surface area (Å²) in [5.41, 5.74) is 2.39. The van der Waals surface area contributed by atoms with E-state index in [0.717, 1.165) is 38.0 Å². The first kappa shape index (κ1) is 19.5. The summed E-state index contributed by atoms with van der Waals surface area (Å²) in [6.45, 7) is 3.72. The average molecular weight is 372 g/mol. The lowest BCUT2D eigenvalue weighted by Gasteiger charge is -2.22. The lowest BCUT2D eigenvalue weighted by atomic mass is 9.83. The van der Waals surface area contributed by atoms with Gasteiger partial charge in [0.1, 0.15) is 0 Å². The Bertz CT molecular complexity index is 697. The van der Waals surface area contributed by atoms with Crippen LogP contribution in [-0.2, 0) is 22.4 Å². The summed E-state index contributed by atoms with van der Waals surface area (Å²) < 4.78 is 5.57. The number of rotatable bonds is 9. The van der Waals surface area contributed by atoms with Crippen LogP contribution in [0.2, 0.25) is 0 Å². The predicted molar refractivity (Wildman–Crippen MR) is 100 cm³/mol. The van der Waals surface area contributed by atoms with E-state index in [0.29, 0.717) is 24.6 Å². The van der Waals surface area contributed by atoms with Crippen molar-refractivity contribution >= 4 is 5.97 Å². The standard InChI is InChI=1S/C20H28N4O3/c1-2-4-17(20(25)26)18(19-21-23-24-22-19)12-15-8-6-14(7-9-15)11-16-5-3-10-27-13-16/h6-9,16-18H,2-5,10-13H2,1H3,(H,25,26)(H,21,22,23,24)/t16-,17-,18-/m0/s1. The molecule has 7 nitrogen and oxygen atoms in total. The van der Waals surface area contributed by atoms with Gasteiger partial charge in [-0.15, -0.1) is 10.2 Å². The highest BCUT2D eigenvalue weighted by Gasteiger charge is 2.32. The Kier molecular flexibility index (Phi) is 6.92. The molecule has 0 saturated carbocycles. The summed E-state index contributed by atoms with van der Waals surface area (Å²) in [6, 6.07) is 8.48. The van der Waals surface area contributed by atoms with Crippen LogP contribution in [0.25, 0.3) is 0 Å². The van der Waals surface area contributed by atoms with E-state index in [1.165, 1.54) is 12.0 Å². The number of H-pyrrole nitrogens is 1. The van der Waals surface area contributed by atoms with E-state index in [-0.39, 0.29) is 5.92 Å². The Hall–Kier alpha value is -2.28. The van der Waals surface area contributed by atoms with Crippen molar-refractivity contribution in [1.82, 2.24) is 20.6 Å². The van der Waals surface area contributed by atoms with E-state index in [1.807, 2.05) is 6.92 Å². The second-order valence-corrected chi connectivity index (χ2v) is 7.42. The minimum atomic E-state index is -0.805. The molecular formula is C20H28N4O3. The Morgan fingerprint density at radius 2 is 2.11 bits per heavy atom. The quantitative estimate of drug-likeness (QED) is 0.702. The van der Waals surface area contributed by atoms with Crippen molar-refractivity contribution < 1.29 is 14.6 Å². The molecule has 1 aliphatic rings. The van der Waals surface area contributed by atoms with Crippen LogP contribution >= 0.6 is 0 Å². The summed E-state index contributed by atoms with van der Waals surface area (Å²) in [5, 5.41) is 23.9. The molecule has 1 aromatic carbocycles. The summed E-state index contributed by atoms with van der Waals surface area (Å²) in [5.74, 6) is -0.553. The maximum absolute atomic E-state index is 11.8. The molecule has 1 saturated heterocycles. The van der Waals surface area contributed by atoms with E-state index < -0.39 is 11.9 Å². The Labute approximate surface area is 159 Å². The highest BCUT2D eigenvalue weighted by molar-refractivity contribution is 5.71. The van der Waals surface area contributed by atoms with Crippen LogP contribution in [0.4, 0.5) is 0 Å². The van der Waals surface area contributed by atoms with Gasteiger partial charge in [-0.2, -0.15) is 5.21 Å². The van der Waals surface area contributed by atoms with E-state index >= 15 is 0 Å². The van der Waals surface area contributed by atoms with Crippen molar-refractivity contribution in [3.8, 4) is 0 Å². The number of nitrogens with zero attached hydrogens (tertiary/aromatic N) is 3. The molecular weight excluding hydrogens is 344 g/mol. The summed E-state index contributed by atoms with van der Waals surface area (Å²) in [4.78, 5) is 11.8. The average Bonchev–Trinajstić information content (AvgIpc) is 3.21. The van der Waals surface area contributed by atoms with Crippen LogP contribution in [0.15, 0.2) is 24.3 Å². The number of benzene rings is 1. The minimum Gasteiger partial charge on any atom is -0.481 e. The van der Waals surface area contributed by atoms with Gasteiger partial charge in [0.2, 0.25) is 0 Å². The highest BCUT2D eigenvalue weighted by atomic mass is 16.5. The number of aromatic nitrogens is 4. The molecule has 3 rings (SSSR count). The molecule has 0 radical (unpaired) electrons. The summed E-state index contributed by atoms with van der Waals surface area (Å²) in [6.07, 6.45) is 5.37. The zero-order valence-electron chi connectivity index (χ0n) is 15.8. The highest BCUT2D eigenvalue weighted by Crippen LogP contribution is 2.30. The maximum Gasteiger partial charge on any atom is 0.307 e. The summed E-state index contributed by atoms with van der Waals surface area (Å²) >= 11 is 0. The van der Waals surface area contributed by atoms with Gasteiger partial charge in [0.15, 0.2) is 5.82 Å². The number of carboxylic acid groups (broad SMARTS) is 1. The molecule has 3 atom stereocenters. The molecule has 2 aromatic rings. The zero-order valence-corrected chi connectivity index (χ0v) is 15.8. The van der Waals surface area contributed by atoms with Gasteiger partial charge in [-0.25, -0.2) is 0 Å². The third kappa shape index (κ3) is 5.35. The van der Waals surface area contributed by atoms with Gasteiger partial charge in [-0.05, 0) is 49.1 Å². The third-order valence-corrected chi connectivity index (χ3v) is 5.35. The van der Waals surface area contributed by atoms with Crippen molar-refractivity contribution in [3.05, 3.63) is 41.2 Å². The van der Waals surface area contributed by atoms with Crippen molar-refractivity contribution in [1.29, 1.82) is 0 Å². The Balaban J connectivity index is 1.70. The topological polar surface area (TPSA) is 101 Å². The molecule has 0 amide bonds. The Morgan fingerprint density at radius 1 is 1.33 bits per heavy atom. The molecule has 0 aliphatic carbocycles. The maximum atomic E-state index is 11.8. The molecule has 0 unspecified atom stereocenters. The SMILES string of the molecule is CCC[C@H](C(=O)O)[C@H](Cc1ccc(C[C@@H]2CCCOC2)cc1)c1nn[nH]n1. The van der Waals surface area contributed by atoms with Gasteiger partial charge in [-0.1, -0.05) is 42.8 Å². The van der Waals surface area contributed by atoms with Crippen molar-refractivity contribution in [2.45, 2.75) is 51.4 Å². The molecule has 2 N–H and O–H groups in total. The largest absolute Gasteiger partial charge is 0.481 e. The lowest BCUT2D eigenvalue weighted by molar-refractivity contribution is -0.142. The first-order valence-corrected chi connectivity index (χ1v) is 9.79. The number of carboxylic acids is 1. The second kappa shape index (κ2) is 9.60. The van der Waals surface area contributed by atoms with Gasteiger partial charge in [-0.3, -0.25) is 4.79 Å². The fourth-order valence-electron chi connectivity index (χ4n) is 3.91. The van der Waals surface area contributed by atoms with Crippen LogP contribution in [0.5, 0.6) is 0 Å². The van der Waals surface area contributed by atoms with E-state index in [1.54, 1.807) is 0 Å². The number of hydrogen-bond donors (Lipinski definition) is 2. The monoisotopic (exact) mass is 372 g/mol. The molecule has 0 spiro atoms. The smallest absolute Gasteiger partial charge is 0.307 e. The number of ether oxygens (including phenoxy) is 1. The van der Waals surface area contributed by atoms with Crippen LogP contribution < -0.4 is 0 Å². The van der Waals surface area contributed by atoms with Crippen LogP contribution in [-0.4, -0.2) is 44.9 Å². The number of aliphatic carboxylic acids is 1. The molecule has 1 aromatic heterocycles. The van der Waals surface area contributed by atoms with E-state index in [4.69, 9.17) is 4.74 Å². The van der Waals surface area contributed by atoms with E-state index in [2.05, 4.69) is 44.9 Å². The predicted octanol–water partition coefficient (Wildman–Crippen LogP) is 3.00. The van der Waals surface area contributed by atoms with Gasteiger partial charge < -0.3 is 9.84 Å². The first-order valence-electron chi connectivity index (χ1n) is 9.79. The van der Waals surface area contributed by atoms with Gasteiger partial charge in [0, 0.05) is 19.1 Å². The first-order chi connectivity index (χ1) is 13.2. The van der Waals surface area contributed by atoms with Crippen molar-refractivity contribution in [2.24, 2.45) is 11.8 Å². The summed E-state index contributed by atoms with van der Waals surface area (Å²) in [7, 11) is 0. The number of carbonyl (C=O) groups is 1. The van der Waals surface area contributed by atoms with Crippen molar-refractivity contribution in [2.75, 3.05) is 13.2 Å². The second-order valence-electron chi connectivity index (χ2n) is 7.42. The molecule has 2 heterocycles. The van der Waals surface area contributed by atoms with Crippen LogP contribution in [0.3, 0.4) is 0 Å². The molecule has 27 heavy (non-hydrogen) atoms. The molecule has 7 heteroatoms. The minimum absolute atomic E-state index is 0.293. The van der Waals surface area contributed by atoms with Gasteiger partial charge in [0.05, 0.1) is 5.92 Å². The molecule has 1 fully saturated rings. The van der Waals surface area contributed by atoms with Gasteiger partial charge >= 0.3 is 5.97 Å². The van der Waals surface area contributed by atoms with Crippen molar-refractivity contribution in [3.63, 3.8) is 0 Å². The number of aromatic amines is 1. The molecule has 0 bridgehead atoms. The third-order valence-electron chi connectivity index (χ3n) is 5.35. The van der Waals surface area contributed by atoms with Crippen LogP contribution in [0, 0.1) is 11.8 Å². The lowest BCUT2D eigenvalue weighted by Crippen LogP contribution is -2.25. The number of tetrazole rings is 1. The van der Waals surface area contributed by atoms with Gasteiger partial charge in [0.25, 0.3) is 0 Å². The Morgan fingerprint density at radius 3 is 2.70 bits per heavy atom. The van der Waals surface area contributed by atoms with Crippen LogP contribution in [0.1, 0.15) is 55.5 Å².